The second kappa shape index (κ2) is 8.43. The number of hydrogen-bond acceptors (Lipinski definition) is 4. The molecule has 9 atom stereocenters. The van der Waals surface area contributed by atoms with Gasteiger partial charge in [0, 0.05) is 43.2 Å². The predicted molar refractivity (Wildman–Crippen MR) is 112 cm³/mol. The van der Waals surface area contributed by atoms with Gasteiger partial charge in [0.25, 0.3) is 0 Å². The van der Waals surface area contributed by atoms with E-state index in [4.69, 9.17) is 0 Å². The minimum atomic E-state index is -0.743. The molecule has 0 aromatic rings. The van der Waals surface area contributed by atoms with Gasteiger partial charge in [-0.25, -0.2) is 4.39 Å². The second-order valence-corrected chi connectivity index (χ2v) is 10.7. The van der Waals surface area contributed by atoms with Crippen LogP contribution in [0.25, 0.3) is 0 Å². The van der Waals surface area contributed by atoms with E-state index in [1.54, 1.807) is 0 Å². The summed E-state index contributed by atoms with van der Waals surface area (Å²) < 4.78 is 14.4. The highest BCUT2D eigenvalue weighted by atomic mass is 19.1. The van der Waals surface area contributed by atoms with E-state index in [0.717, 1.165) is 25.2 Å². The smallest absolute Gasteiger partial charge is 0.237 e. The van der Waals surface area contributed by atoms with Gasteiger partial charge >= 0.3 is 0 Å². The van der Waals surface area contributed by atoms with E-state index in [0.29, 0.717) is 30.8 Å². The molecule has 3 aliphatic heterocycles. The van der Waals surface area contributed by atoms with Crippen molar-refractivity contribution < 1.29 is 9.18 Å². The number of carbonyl (C=O) groups is 1. The Morgan fingerprint density at radius 1 is 1.07 bits per heavy atom. The van der Waals surface area contributed by atoms with Crippen molar-refractivity contribution in [2.45, 2.75) is 101 Å². The summed E-state index contributed by atoms with van der Waals surface area (Å²) in [5.74, 6) is 1.42. The molecule has 9 unspecified atom stereocenters. The molecular formula is C23H39FN4O. The summed E-state index contributed by atoms with van der Waals surface area (Å²) in [6.45, 7) is 5.78. The van der Waals surface area contributed by atoms with Gasteiger partial charge in [-0.05, 0) is 76.2 Å². The number of likely N-dealkylation sites (tertiary alicyclic amines) is 1. The first kappa shape index (κ1) is 20.2. The lowest BCUT2D eigenvalue weighted by atomic mass is 9.77. The topological polar surface area (TPSA) is 56.4 Å². The number of rotatable bonds is 3. The zero-order valence-corrected chi connectivity index (χ0v) is 17.9. The lowest BCUT2D eigenvalue weighted by molar-refractivity contribution is -0.124. The Labute approximate surface area is 174 Å². The molecule has 2 saturated carbocycles. The van der Waals surface area contributed by atoms with Crippen molar-refractivity contribution >= 4 is 5.91 Å². The van der Waals surface area contributed by atoms with Gasteiger partial charge in [0.15, 0.2) is 0 Å². The van der Waals surface area contributed by atoms with Crippen LogP contribution in [0.3, 0.4) is 0 Å². The summed E-state index contributed by atoms with van der Waals surface area (Å²) in [7, 11) is 0. The fourth-order valence-corrected chi connectivity index (χ4v) is 7.11. The first-order chi connectivity index (χ1) is 14.1. The fourth-order valence-electron chi connectivity index (χ4n) is 7.11. The molecule has 0 bridgehead atoms. The van der Waals surface area contributed by atoms with E-state index in [1.807, 2.05) is 0 Å². The van der Waals surface area contributed by atoms with E-state index in [9.17, 15) is 9.18 Å². The first-order valence-corrected chi connectivity index (χ1v) is 12.3. The number of carbonyl (C=O) groups excluding carboxylic acids is 1. The Hall–Kier alpha value is -0.720. The van der Waals surface area contributed by atoms with Crippen LogP contribution in [-0.4, -0.2) is 66.8 Å². The summed E-state index contributed by atoms with van der Waals surface area (Å²) in [6.07, 6.45) is 8.82. The minimum absolute atomic E-state index is 0.0223. The Bertz CT molecular complexity index is 571. The van der Waals surface area contributed by atoms with E-state index >= 15 is 0 Å². The van der Waals surface area contributed by atoms with Crippen LogP contribution >= 0.6 is 0 Å². The van der Waals surface area contributed by atoms with Gasteiger partial charge < -0.3 is 16.0 Å². The fraction of sp³-hybridized carbons (Fsp3) is 0.957. The maximum Gasteiger partial charge on any atom is 0.237 e. The number of hydrogen-bond donors (Lipinski definition) is 3. The Morgan fingerprint density at radius 3 is 2.79 bits per heavy atom. The predicted octanol–water partition coefficient (Wildman–Crippen LogP) is 2.21. The Morgan fingerprint density at radius 2 is 1.97 bits per heavy atom. The Balaban J connectivity index is 1.14. The summed E-state index contributed by atoms with van der Waals surface area (Å²) >= 11 is 0. The van der Waals surface area contributed by atoms with Crippen molar-refractivity contribution in [2.75, 3.05) is 19.6 Å². The van der Waals surface area contributed by atoms with Crippen LogP contribution in [0.15, 0.2) is 0 Å². The van der Waals surface area contributed by atoms with Crippen LogP contribution in [0.2, 0.25) is 0 Å². The second-order valence-electron chi connectivity index (χ2n) is 10.7. The van der Waals surface area contributed by atoms with Crippen LogP contribution in [0, 0.1) is 17.8 Å². The molecule has 5 fully saturated rings. The SMILES string of the molecule is CC1CCC(F)C2CC(C(=O)NC3CCCC(N4CC5CCCNC5C4)C3)NC12. The molecule has 29 heavy (non-hydrogen) atoms. The number of fused-ring (bicyclic) bond motifs is 2. The van der Waals surface area contributed by atoms with Crippen LogP contribution < -0.4 is 16.0 Å². The molecule has 0 spiro atoms. The van der Waals surface area contributed by atoms with Crippen molar-refractivity contribution in [3.63, 3.8) is 0 Å². The number of alkyl halides is 1. The average molecular weight is 407 g/mol. The summed E-state index contributed by atoms with van der Waals surface area (Å²) in [5, 5.41) is 10.6. The monoisotopic (exact) mass is 406 g/mol. The van der Waals surface area contributed by atoms with Crippen molar-refractivity contribution in [1.82, 2.24) is 20.9 Å². The summed E-state index contributed by atoms with van der Waals surface area (Å²) in [4.78, 5) is 15.7. The van der Waals surface area contributed by atoms with Crippen LogP contribution in [0.1, 0.15) is 64.7 Å². The molecule has 2 aliphatic carbocycles. The number of nitrogens with one attached hydrogen (secondary N) is 3. The standard InChI is InChI=1S/C23H39FN4O/c1-14-7-8-19(24)18-11-20(27-22(14)18)23(29)26-16-5-2-6-17(10-16)28-12-15-4-3-9-25-21(15)13-28/h14-22,25,27H,2-13H2,1H3,(H,26,29). The third kappa shape index (κ3) is 4.09. The lowest BCUT2D eigenvalue weighted by Crippen LogP contribution is -2.51. The normalized spacial score (nSPS) is 48.1. The number of piperidine rings is 1. The molecule has 1 amide bonds. The van der Waals surface area contributed by atoms with Crippen molar-refractivity contribution in [3.05, 3.63) is 0 Å². The highest BCUT2D eigenvalue weighted by Gasteiger charge is 2.46. The summed E-state index contributed by atoms with van der Waals surface area (Å²) in [5.41, 5.74) is 0. The summed E-state index contributed by atoms with van der Waals surface area (Å²) in [6, 6.07) is 1.54. The van der Waals surface area contributed by atoms with E-state index in [-0.39, 0.29) is 30.0 Å². The van der Waals surface area contributed by atoms with E-state index < -0.39 is 6.17 Å². The molecule has 0 radical (unpaired) electrons. The van der Waals surface area contributed by atoms with Gasteiger partial charge in [-0.1, -0.05) is 6.92 Å². The maximum absolute atomic E-state index is 14.4. The lowest BCUT2D eigenvalue weighted by Gasteiger charge is -2.36. The maximum atomic E-state index is 14.4. The molecule has 3 N–H and O–H groups in total. The highest BCUT2D eigenvalue weighted by Crippen LogP contribution is 2.39. The molecule has 164 valence electrons. The van der Waals surface area contributed by atoms with Crippen molar-refractivity contribution in [1.29, 1.82) is 0 Å². The largest absolute Gasteiger partial charge is 0.352 e. The number of halogens is 1. The molecular weight excluding hydrogens is 367 g/mol. The zero-order valence-electron chi connectivity index (χ0n) is 17.9. The van der Waals surface area contributed by atoms with Crippen LogP contribution in [-0.2, 0) is 4.79 Å². The van der Waals surface area contributed by atoms with Gasteiger partial charge in [-0.2, -0.15) is 0 Å². The first-order valence-electron chi connectivity index (χ1n) is 12.3. The molecule has 3 heterocycles. The molecule has 0 aromatic heterocycles. The highest BCUT2D eigenvalue weighted by molar-refractivity contribution is 5.82. The van der Waals surface area contributed by atoms with Gasteiger partial charge in [0.2, 0.25) is 5.91 Å². The van der Waals surface area contributed by atoms with Crippen molar-refractivity contribution in [3.8, 4) is 0 Å². The third-order valence-electron chi connectivity index (χ3n) is 8.79. The molecule has 5 rings (SSSR count). The van der Waals surface area contributed by atoms with Crippen LogP contribution in [0.5, 0.6) is 0 Å². The third-order valence-corrected chi connectivity index (χ3v) is 8.79. The van der Waals surface area contributed by atoms with E-state index in [1.165, 1.54) is 45.3 Å². The number of amides is 1. The molecule has 0 aromatic carbocycles. The van der Waals surface area contributed by atoms with Gasteiger partial charge in [0.1, 0.15) is 6.17 Å². The molecule has 6 heteroatoms. The van der Waals surface area contributed by atoms with E-state index in [2.05, 4.69) is 27.8 Å². The average Bonchev–Trinajstić information content (AvgIpc) is 3.36. The Kier molecular flexibility index (Phi) is 5.87. The van der Waals surface area contributed by atoms with Gasteiger partial charge in [-0.3, -0.25) is 9.69 Å². The van der Waals surface area contributed by atoms with Crippen molar-refractivity contribution in [2.24, 2.45) is 17.8 Å². The van der Waals surface area contributed by atoms with Crippen LogP contribution in [0.4, 0.5) is 4.39 Å². The molecule has 5 aliphatic rings. The number of nitrogens with zero attached hydrogens (tertiary/aromatic N) is 1. The molecule has 5 nitrogen and oxygen atoms in total. The zero-order chi connectivity index (χ0) is 20.0. The minimum Gasteiger partial charge on any atom is -0.352 e. The van der Waals surface area contributed by atoms with Gasteiger partial charge in [0.05, 0.1) is 6.04 Å². The quantitative estimate of drug-likeness (QED) is 0.673. The molecule has 3 saturated heterocycles. The van der Waals surface area contributed by atoms with Gasteiger partial charge in [-0.15, -0.1) is 0 Å².